The summed E-state index contributed by atoms with van der Waals surface area (Å²) in [4.78, 5) is 0. The minimum Gasteiger partial charge on any atom is -0.496 e. The molecule has 1 N–H and O–H groups in total. The molecule has 0 atom stereocenters. The van der Waals surface area contributed by atoms with Gasteiger partial charge in [0.05, 0.1) is 7.11 Å². The molecule has 2 nitrogen and oxygen atoms in total. The molecular formula is C13H18FNOS. The summed E-state index contributed by atoms with van der Waals surface area (Å²) < 4.78 is 18.4. The number of thioether (sulfide) groups is 1. The van der Waals surface area contributed by atoms with E-state index in [-0.39, 0.29) is 5.82 Å². The zero-order chi connectivity index (χ0) is 12.1. The largest absolute Gasteiger partial charge is 0.496 e. The summed E-state index contributed by atoms with van der Waals surface area (Å²) in [5, 5.41) is 4.03. The Balaban J connectivity index is 1.95. The number of benzene rings is 1. The van der Waals surface area contributed by atoms with Gasteiger partial charge < -0.3 is 10.1 Å². The molecule has 0 spiro atoms. The predicted octanol–water partition coefficient (Wildman–Crippen LogP) is 2.82. The second-order valence-electron chi connectivity index (χ2n) is 4.22. The summed E-state index contributed by atoms with van der Waals surface area (Å²) in [6.45, 7) is 2.19. The molecule has 0 unspecified atom stereocenters. The van der Waals surface area contributed by atoms with E-state index in [2.05, 4.69) is 5.32 Å². The van der Waals surface area contributed by atoms with Gasteiger partial charge in [-0.1, -0.05) is 0 Å². The van der Waals surface area contributed by atoms with E-state index in [0.717, 1.165) is 30.2 Å². The minimum atomic E-state index is -0.188. The van der Waals surface area contributed by atoms with Gasteiger partial charge in [0.25, 0.3) is 0 Å². The van der Waals surface area contributed by atoms with Crippen LogP contribution < -0.4 is 10.1 Å². The number of hydrogen-bond acceptors (Lipinski definition) is 3. The van der Waals surface area contributed by atoms with Crippen LogP contribution in [0.25, 0.3) is 0 Å². The third-order valence-corrected chi connectivity index (χ3v) is 4.42. The van der Waals surface area contributed by atoms with Crippen molar-refractivity contribution >= 4 is 11.8 Å². The van der Waals surface area contributed by atoms with Crippen LogP contribution in [0.3, 0.4) is 0 Å². The number of rotatable bonds is 4. The average Bonchev–Trinajstić information content (AvgIpc) is 2.38. The van der Waals surface area contributed by atoms with Crippen molar-refractivity contribution in [1.82, 2.24) is 5.32 Å². The molecule has 1 aliphatic rings. The fourth-order valence-electron chi connectivity index (χ4n) is 2.03. The lowest BCUT2D eigenvalue weighted by molar-refractivity contribution is 0.410. The zero-order valence-corrected chi connectivity index (χ0v) is 10.9. The van der Waals surface area contributed by atoms with E-state index < -0.39 is 0 Å². The Morgan fingerprint density at radius 1 is 1.41 bits per heavy atom. The maximum absolute atomic E-state index is 13.2. The second kappa shape index (κ2) is 6.26. The highest BCUT2D eigenvalue weighted by atomic mass is 32.2. The molecule has 1 aromatic rings. The Kier molecular flexibility index (Phi) is 4.68. The standard InChI is InChI=1S/C13H18FNOS/c1-16-13-3-2-11(14)8-10(13)9-17-12-4-6-15-7-5-12/h2-3,8,12,15H,4-7,9H2,1H3. The Morgan fingerprint density at radius 3 is 2.88 bits per heavy atom. The molecule has 0 aromatic heterocycles. The third kappa shape index (κ3) is 3.61. The first-order chi connectivity index (χ1) is 8.29. The molecule has 1 aromatic carbocycles. The SMILES string of the molecule is COc1ccc(F)cc1CSC1CCNCC1. The molecule has 0 saturated carbocycles. The number of piperidine rings is 1. The van der Waals surface area contributed by atoms with Crippen molar-refractivity contribution in [2.24, 2.45) is 0 Å². The van der Waals surface area contributed by atoms with Gasteiger partial charge in [-0.25, -0.2) is 4.39 Å². The molecule has 1 fully saturated rings. The maximum atomic E-state index is 13.2. The van der Waals surface area contributed by atoms with E-state index in [0.29, 0.717) is 5.25 Å². The molecule has 94 valence electrons. The highest BCUT2D eigenvalue weighted by molar-refractivity contribution is 7.99. The van der Waals surface area contributed by atoms with Crippen molar-refractivity contribution in [3.8, 4) is 5.75 Å². The summed E-state index contributed by atoms with van der Waals surface area (Å²) in [5.41, 5.74) is 0.955. The van der Waals surface area contributed by atoms with Crippen molar-refractivity contribution in [1.29, 1.82) is 0 Å². The van der Waals surface area contributed by atoms with Gasteiger partial charge in [0, 0.05) is 16.6 Å². The second-order valence-corrected chi connectivity index (χ2v) is 5.51. The van der Waals surface area contributed by atoms with E-state index in [1.165, 1.54) is 18.9 Å². The van der Waals surface area contributed by atoms with Gasteiger partial charge >= 0.3 is 0 Å². The summed E-state index contributed by atoms with van der Waals surface area (Å²) >= 11 is 1.90. The quantitative estimate of drug-likeness (QED) is 0.894. The molecule has 4 heteroatoms. The average molecular weight is 255 g/mol. The maximum Gasteiger partial charge on any atom is 0.123 e. The molecule has 17 heavy (non-hydrogen) atoms. The highest BCUT2D eigenvalue weighted by Crippen LogP contribution is 2.29. The molecule has 0 amide bonds. The lowest BCUT2D eigenvalue weighted by atomic mass is 10.2. The zero-order valence-electron chi connectivity index (χ0n) is 10.0. The number of hydrogen-bond donors (Lipinski definition) is 1. The van der Waals surface area contributed by atoms with Gasteiger partial charge in [-0.2, -0.15) is 11.8 Å². The first-order valence-electron chi connectivity index (χ1n) is 5.94. The third-order valence-electron chi connectivity index (χ3n) is 3.00. The highest BCUT2D eigenvalue weighted by Gasteiger charge is 2.14. The molecule has 0 aliphatic carbocycles. The number of ether oxygens (including phenoxy) is 1. The van der Waals surface area contributed by atoms with Crippen LogP contribution in [-0.2, 0) is 5.75 Å². The first-order valence-corrected chi connectivity index (χ1v) is 6.99. The monoisotopic (exact) mass is 255 g/mol. The van der Waals surface area contributed by atoms with Crippen LogP contribution in [0.1, 0.15) is 18.4 Å². The summed E-state index contributed by atoms with van der Waals surface area (Å²) in [7, 11) is 1.63. The van der Waals surface area contributed by atoms with Crippen molar-refractivity contribution in [3.05, 3.63) is 29.6 Å². The molecule has 0 radical (unpaired) electrons. The lowest BCUT2D eigenvalue weighted by Crippen LogP contribution is -2.29. The predicted molar refractivity (Wildman–Crippen MR) is 70.1 cm³/mol. The fourth-order valence-corrected chi connectivity index (χ4v) is 3.24. The van der Waals surface area contributed by atoms with Gasteiger partial charge in [-0.05, 0) is 44.1 Å². The van der Waals surface area contributed by atoms with Gasteiger partial charge in [0.1, 0.15) is 11.6 Å². The van der Waals surface area contributed by atoms with Crippen molar-refractivity contribution in [2.45, 2.75) is 23.8 Å². The molecule has 1 saturated heterocycles. The summed E-state index contributed by atoms with van der Waals surface area (Å²) in [5.74, 6) is 1.42. The summed E-state index contributed by atoms with van der Waals surface area (Å²) in [6, 6.07) is 4.72. The van der Waals surface area contributed by atoms with Crippen LogP contribution in [0.15, 0.2) is 18.2 Å². The van der Waals surface area contributed by atoms with Crippen LogP contribution in [0.5, 0.6) is 5.75 Å². The summed E-state index contributed by atoms with van der Waals surface area (Å²) in [6.07, 6.45) is 2.39. The Hall–Kier alpha value is -0.740. The topological polar surface area (TPSA) is 21.3 Å². The van der Waals surface area contributed by atoms with E-state index in [9.17, 15) is 4.39 Å². The Morgan fingerprint density at radius 2 is 2.18 bits per heavy atom. The normalized spacial score (nSPS) is 17.1. The molecule has 1 heterocycles. The van der Waals surface area contributed by atoms with E-state index in [1.807, 2.05) is 11.8 Å². The smallest absolute Gasteiger partial charge is 0.123 e. The molecule has 1 aliphatic heterocycles. The van der Waals surface area contributed by atoms with E-state index >= 15 is 0 Å². The number of methoxy groups -OCH3 is 1. The number of halogens is 1. The van der Waals surface area contributed by atoms with Crippen LogP contribution >= 0.6 is 11.8 Å². The van der Waals surface area contributed by atoms with E-state index in [4.69, 9.17) is 4.74 Å². The van der Waals surface area contributed by atoms with Crippen molar-refractivity contribution in [2.75, 3.05) is 20.2 Å². The van der Waals surface area contributed by atoms with Gasteiger partial charge in [-0.15, -0.1) is 0 Å². The van der Waals surface area contributed by atoms with Crippen molar-refractivity contribution in [3.63, 3.8) is 0 Å². The van der Waals surface area contributed by atoms with Gasteiger partial charge in [0.2, 0.25) is 0 Å². The van der Waals surface area contributed by atoms with Crippen molar-refractivity contribution < 1.29 is 9.13 Å². The Labute approximate surface area is 106 Å². The molecule has 0 bridgehead atoms. The fraction of sp³-hybridized carbons (Fsp3) is 0.538. The van der Waals surface area contributed by atoms with Gasteiger partial charge in [-0.3, -0.25) is 0 Å². The van der Waals surface area contributed by atoms with Crippen LogP contribution in [0.4, 0.5) is 4.39 Å². The molecular weight excluding hydrogens is 237 g/mol. The van der Waals surface area contributed by atoms with Gasteiger partial charge in [0.15, 0.2) is 0 Å². The van der Waals surface area contributed by atoms with E-state index in [1.54, 1.807) is 19.2 Å². The van der Waals surface area contributed by atoms with Crippen LogP contribution in [0, 0.1) is 5.82 Å². The Bertz CT molecular complexity index is 366. The molecule has 2 rings (SSSR count). The minimum absolute atomic E-state index is 0.188. The number of nitrogens with one attached hydrogen (secondary N) is 1. The lowest BCUT2D eigenvalue weighted by Gasteiger charge is -2.22. The van der Waals surface area contributed by atoms with Crippen LogP contribution in [-0.4, -0.2) is 25.4 Å². The van der Waals surface area contributed by atoms with Crippen LogP contribution in [0.2, 0.25) is 0 Å². The first kappa shape index (κ1) is 12.7.